The molecule has 0 aromatic heterocycles. The monoisotopic (exact) mass is 412 g/mol. The highest BCUT2D eigenvalue weighted by Crippen LogP contribution is 2.11. The molecule has 0 heterocycles. The molecule has 0 aliphatic rings. The van der Waals surface area contributed by atoms with Gasteiger partial charge in [-0.15, -0.1) is 0 Å². The molecular formula is C18H29BrN4O2. The number of rotatable bonds is 10. The lowest BCUT2D eigenvalue weighted by molar-refractivity contribution is 0.0954. The first-order chi connectivity index (χ1) is 12.0. The summed E-state index contributed by atoms with van der Waals surface area (Å²) in [5.74, 6) is 1.20. The normalized spacial score (nSPS) is 11.5. The molecule has 7 heteroatoms. The first kappa shape index (κ1) is 21.4. The lowest BCUT2D eigenvalue weighted by Gasteiger charge is -2.13. The van der Waals surface area contributed by atoms with E-state index in [1.54, 1.807) is 19.2 Å². The summed E-state index contributed by atoms with van der Waals surface area (Å²) in [6, 6.07) is 7.32. The predicted molar refractivity (Wildman–Crippen MR) is 106 cm³/mol. The summed E-state index contributed by atoms with van der Waals surface area (Å²) in [4.78, 5) is 16.2. The first-order valence-corrected chi connectivity index (χ1v) is 9.38. The molecule has 0 saturated heterocycles. The smallest absolute Gasteiger partial charge is 0.251 e. The molecule has 0 fully saturated rings. The fourth-order valence-electron chi connectivity index (χ4n) is 2.01. The van der Waals surface area contributed by atoms with E-state index in [4.69, 9.17) is 4.74 Å². The van der Waals surface area contributed by atoms with Crippen LogP contribution in [0.2, 0.25) is 0 Å². The van der Waals surface area contributed by atoms with Crippen LogP contribution in [-0.2, 0) is 4.74 Å². The molecule has 1 rings (SSSR count). The van der Waals surface area contributed by atoms with Crippen molar-refractivity contribution >= 4 is 27.8 Å². The maximum atomic E-state index is 12.0. The summed E-state index contributed by atoms with van der Waals surface area (Å²) in [6.07, 6.45) is 0.924. The minimum Gasteiger partial charge on any atom is -0.381 e. The average molecular weight is 413 g/mol. The molecule has 0 atom stereocenters. The number of hydrogen-bond acceptors (Lipinski definition) is 3. The molecule has 0 bridgehead atoms. The van der Waals surface area contributed by atoms with Crippen molar-refractivity contribution in [2.45, 2.75) is 20.3 Å². The maximum Gasteiger partial charge on any atom is 0.251 e. The standard InChI is InChI=1S/C18H29BrN4O2/c1-14(2)13-25-11-5-8-22-18(20-3)23-10-9-21-17(24)15-6-4-7-16(19)12-15/h4,6-7,12,14H,5,8-11,13H2,1-3H3,(H,21,24)(H2,20,22,23). The summed E-state index contributed by atoms with van der Waals surface area (Å²) < 4.78 is 6.42. The Hall–Kier alpha value is -1.60. The Labute approximate surface area is 158 Å². The second-order valence-electron chi connectivity index (χ2n) is 6.01. The summed E-state index contributed by atoms with van der Waals surface area (Å²) in [5, 5.41) is 9.27. The third-order valence-corrected chi connectivity index (χ3v) is 3.72. The van der Waals surface area contributed by atoms with Gasteiger partial charge in [-0.1, -0.05) is 35.8 Å². The molecule has 1 aromatic carbocycles. The van der Waals surface area contributed by atoms with Gasteiger partial charge in [0, 0.05) is 49.9 Å². The summed E-state index contributed by atoms with van der Waals surface area (Å²) >= 11 is 3.36. The number of nitrogens with zero attached hydrogens (tertiary/aromatic N) is 1. The van der Waals surface area contributed by atoms with Gasteiger partial charge in [-0.25, -0.2) is 0 Å². The number of carbonyl (C=O) groups is 1. The summed E-state index contributed by atoms with van der Waals surface area (Å²) in [6.45, 7) is 7.73. The largest absolute Gasteiger partial charge is 0.381 e. The van der Waals surface area contributed by atoms with Gasteiger partial charge in [-0.05, 0) is 30.5 Å². The molecule has 1 aromatic rings. The zero-order valence-corrected chi connectivity index (χ0v) is 16.9. The van der Waals surface area contributed by atoms with Crippen LogP contribution in [0.1, 0.15) is 30.6 Å². The van der Waals surface area contributed by atoms with Crippen LogP contribution in [0.3, 0.4) is 0 Å². The fraction of sp³-hybridized carbons (Fsp3) is 0.556. The van der Waals surface area contributed by atoms with Gasteiger partial charge in [0.2, 0.25) is 0 Å². The lowest BCUT2D eigenvalue weighted by atomic mass is 10.2. The zero-order chi connectivity index (χ0) is 18.5. The van der Waals surface area contributed by atoms with E-state index in [2.05, 4.69) is 50.7 Å². The van der Waals surface area contributed by atoms with Crippen LogP contribution < -0.4 is 16.0 Å². The molecule has 0 unspecified atom stereocenters. The van der Waals surface area contributed by atoms with Crippen molar-refractivity contribution in [3.05, 3.63) is 34.3 Å². The number of nitrogens with one attached hydrogen (secondary N) is 3. The number of benzene rings is 1. The van der Waals surface area contributed by atoms with Crippen molar-refractivity contribution in [1.82, 2.24) is 16.0 Å². The molecule has 1 amide bonds. The summed E-state index contributed by atoms with van der Waals surface area (Å²) in [7, 11) is 1.73. The van der Waals surface area contributed by atoms with Crippen LogP contribution in [0.15, 0.2) is 33.7 Å². The number of carbonyl (C=O) groups excluding carboxylic acids is 1. The van der Waals surface area contributed by atoms with Gasteiger partial charge in [-0.3, -0.25) is 9.79 Å². The maximum absolute atomic E-state index is 12.0. The fourth-order valence-corrected chi connectivity index (χ4v) is 2.41. The van der Waals surface area contributed by atoms with Crippen molar-refractivity contribution in [2.24, 2.45) is 10.9 Å². The van der Waals surface area contributed by atoms with Crippen molar-refractivity contribution in [3.63, 3.8) is 0 Å². The van der Waals surface area contributed by atoms with Crippen LogP contribution in [0.25, 0.3) is 0 Å². The molecule has 0 radical (unpaired) electrons. The first-order valence-electron chi connectivity index (χ1n) is 8.59. The van der Waals surface area contributed by atoms with Crippen molar-refractivity contribution < 1.29 is 9.53 Å². The van der Waals surface area contributed by atoms with E-state index < -0.39 is 0 Å². The van der Waals surface area contributed by atoms with Crippen LogP contribution in [-0.4, -0.2) is 51.8 Å². The van der Waals surface area contributed by atoms with E-state index in [1.165, 1.54) is 0 Å². The van der Waals surface area contributed by atoms with E-state index >= 15 is 0 Å². The third-order valence-electron chi connectivity index (χ3n) is 3.22. The highest BCUT2D eigenvalue weighted by atomic mass is 79.9. The van der Waals surface area contributed by atoms with Crippen LogP contribution in [0.5, 0.6) is 0 Å². The number of aliphatic imine (C=N–C) groups is 1. The Balaban J connectivity index is 2.13. The van der Waals surface area contributed by atoms with Crippen LogP contribution in [0, 0.1) is 5.92 Å². The number of hydrogen-bond donors (Lipinski definition) is 3. The van der Waals surface area contributed by atoms with Crippen LogP contribution >= 0.6 is 15.9 Å². The molecule has 25 heavy (non-hydrogen) atoms. The Kier molecular flexibility index (Phi) is 10.9. The number of ether oxygens (including phenoxy) is 1. The van der Waals surface area contributed by atoms with Gasteiger partial charge in [0.05, 0.1) is 0 Å². The second kappa shape index (κ2) is 12.7. The predicted octanol–water partition coefficient (Wildman–Crippen LogP) is 2.41. The van der Waals surface area contributed by atoms with E-state index in [0.29, 0.717) is 24.6 Å². The Bertz CT molecular complexity index is 550. The van der Waals surface area contributed by atoms with Gasteiger partial charge in [-0.2, -0.15) is 0 Å². The molecule has 140 valence electrons. The lowest BCUT2D eigenvalue weighted by Crippen LogP contribution is -2.42. The van der Waals surface area contributed by atoms with Gasteiger partial charge in [0.1, 0.15) is 0 Å². The van der Waals surface area contributed by atoms with Crippen molar-refractivity contribution in [3.8, 4) is 0 Å². The molecule has 3 N–H and O–H groups in total. The van der Waals surface area contributed by atoms with E-state index in [1.807, 2.05) is 12.1 Å². The number of amides is 1. The topological polar surface area (TPSA) is 74.8 Å². The van der Waals surface area contributed by atoms with Gasteiger partial charge >= 0.3 is 0 Å². The minimum atomic E-state index is -0.0895. The molecule has 0 aliphatic carbocycles. The van der Waals surface area contributed by atoms with Crippen molar-refractivity contribution in [2.75, 3.05) is 39.9 Å². The van der Waals surface area contributed by atoms with Gasteiger partial charge in [0.25, 0.3) is 5.91 Å². The van der Waals surface area contributed by atoms with Crippen molar-refractivity contribution in [1.29, 1.82) is 0 Å². The Morgan fingerprint density at radius 1 is 1.20 bits per heavy atom. The summed E-state index contributed by atoms with van der Waals surface area (Å²) in [5.41, 5.74) is 0.637. The van der Waals surface area contributed by atoms with Gasteiger partial charge in [0.15, 0.2) is 5.96 Å². The van der Waals surface area contributed by atoms with Gasteiger partial charge < -0.3 is 20.7 Å². The van der Waals surface area contributed by atoms with E-state index in [-0.39, 0.29) is 5.91 Å². The molecule has 0 saturated carbocycles. The molecular weight excluding hydrogens is 384 g/mol. The molecule has 6 nitrogen and oxygen atoms in total. The zero-order valence-electron chi connectivity index (χ0n) is 15.3. The highest BCUT2D eigenvalue weighted by molar-refractivity contribution is 9.10. The van der Waals surface area contributed by atoms with E-state index in [9.17, 15) is 4.79 Å². The molecule has 0 spiro atoms. The SMILES string of the molecule is CN=C(NCCCOCC(C)C)NCCNC(=O)c1cccc(Br)c1. The number of guanidine groups is 1. The number of halogens is 1. The highest BCUT2D eigenvalue weighted by Gasteiger charge is 2.05. The second-order valence-corrected chi connectivity index (χ2v) is 6.93. The minimum absolute atomic E-state index is 0.0895. The Morgan fingerprint density at radius 2 is 1.92 bits per heavy atom. The van der Waals surface area contributed by atoms with Crippen LogP contribution in [0.4, 0.5) is 0 Å². The quantitative estimate of drug-likeness (QED) is 0.313. The molecule has 0 aliphatic heterocycles. The third kappa shape index (κ3) is 10.1. The average Bonchev–Trinajstić information content (AvgIpc) is 2.59. The Morgan fingerprint density at radius 3 is 2.60 bits per heavy atom. The van der Waals surface area contributed by atoms with E-state index in [0.717, 1.165) is 36.6 Å².